The molecule has 2 fully saturated rings. The SMILES string of the molecule is CC(=O)c1c(C2C[C@H]3CC[C@@H](C2)N3)nc2c(-c3cnc(C(C)(C)O)c(F)c3)cnn2c1N.Cl. The van der Waals surface area contributed by atoms with Gasteiger partial charge in [-0.15, -0.1) is 12.4 Å². The zero-order valence-corrected chi connectivity index (χ0v) is 19.6. The molecular weight excluding hydrogens is 447 g/mol. The number of nitrogens with zero attached hydrogens (tertiary/aromatic N) is 4. The molecule has 2 bridgehead atoms. The zero-order chi connectivity index (χ0) is 22.8. The number of aromatic nitrogens is 4. The number of ketones is 1. The minimum Gasteiger partial charge on any atom is -0.384 e. The minimum absolute atomic E-state index is 0. The molecule has 0 spiro atoms. The molecule has 4 N–H and O–H groups in total. The average Bonchev–Trinajstić information content (AvgIpc) is 3.29. The van der Waals surface area contributed by atoms with Crippen molar-refractivity contribution in [1.82, 2.24) is 24.9 Å². The lowest BCUT2D eigenvalue weighted by atomic mass is 9.86. The number of nitrogens with two attached hydrogens (primary N) is 1. The quantitative estimate of drug-likeness (QED) is 0.496. The number of carbonyl (C=O) groups excluding carboxylic acids is 1. The Morgan fingerprint density at radius 3 is 2.52 bits per heavy atom. The van der Waals surface area contributed by atoms with Crippen molar-refractivity contribution >= 4 is 29.7 Å². The zero-order valence-electron chi connectivity index (χ0n) is 18.8. The van der Waals surface area contributed by atoms with Gasteiger partial charge in [0.15, 0.2) is 11.4 Å². The van der Waals surface area contributed by atoms with Crippen LogP contribution in [-0.4, -0.2) is 42.6 Å². The van der Waals surface area contributed by atoms with E-state index in [1.807, 2.05) is 0 Å². The summed E-state index contributed by atoms with van der Waals surface area (Å²) in [6, 6.07) is 2.17. The third-order valence-corrected chi connectivity index (χ3v) is 6.65. The molecule has 5 rings (SSSR count). The van der Waals surface area contributed by atoms with Crippen LogP contribution in [0.1, 0.15) is 74.1 Å². The fraction of sp³-hybridized carbons (Fsp3) is 0.478. The molecule has 2 saturated heterocycles. The fourth-order valence-electron chi connectivity index (χ4n) is 5.21. The Kier molecular flexibility index (Phi) is 5.92. The Bertz CT molecular complexity index is 1230. The van der Waals surface area contributed by atoms with Gasteiger partial charge in [0, 0.05) is 35.3 Å². The number of Topliss-reactive ketones (excluding diaryl/α,β-unsaturated/α-hetero) is 1. The van der Waals surface area contributed by atoms with Crippen LogP contribution in [0.3, 0.4) is 0 Å². The van der Waals surface area contributed by atoms with Crippen LogP contribution in [0.25, 0.3) is 16.8 Å². The first-order valence-corrected chi connectivity index (χ1v) is 11.0. The Hall–Kier alpha value is -2.62. The first-order valence-electron chi connectivity index (χ1n) is 11.0. The van der Waals surface area contributed by atoms with Crippen LogP contribution in [-0.2, 0) is 5.60 Å². The Balaban J connectivity index is 0.00000259. The Morgan fingerprint density at radius 2 is 1.94 bits per heavy atom. The number of nitrogens with one attached hydrogen (secondary N) is 1. The molecule has 0 aliphatic carbocycles. The van der Waals surface area contributed by atoms with Crippen molar-refractivity contribution in [3.63, 3.8) is 0 Å². The molecule has 3 atom stereocenters. The van der Waals surface area contributed by atoms with Crippen LogP contribution in [0.5, 0.6) is 0 Å². The largest absolute Gasteiger partial charge is 0.384 e. The molecule has 10 heteroatoms. The van der Waals surface area contributed by atoms with E-state index >= 15 is 0 Å². The highest BCUT2D eigenvalue weighted by Gasteiger charge is 2.37. The molecule has 5 heterocycles. The topological polar surface area (TPSA) is 118 Å². The number of nitrogen functional groups attached to an aromatic ring is 1. The number of hydrogen-bond acceptors (Lipinski definition) is 7. The molecule has 1 unspecified atom stereocenters. The molecule has 2 aliphatic heterocycles. The lowest BCUT2D eigenvalue weighted by Crippen LogP contribution is -2.38. The van der Waals surface area contributed by atoms with E-state index < -0.39 is 11.4 Å². The van der Waals surface area contributed by atoms with Crippen molar-refractivity contribution in [3.8, 4) is 11.1 Å². The van der Waals surface area contributed by atoms with Crippen LogP contribution >= 0.6 is 12.4 Å². The average molecular weight is 475 g/mol. The van der Waals surface area contributed by atoms with Crippen LogP contribution in [0.15, 0.2) is 18.5 Å². The molecular formula is C23H28ClFN6O2. The van der Waals surface area contributed by atoms with E-state index in [-0.39, 0.29) is 35.6 Å². The summed E-state index contributed by atoms with van der Waals surface area (Å²) in [4.78, 5) is 21.6. The summed E-state index contributed by atoms with van der Waals surface area (Å²) in [5, 5.41) is 18.1. The van der Waals surface area contributed by atoms with Gasteiger partial charge in [0.1, 0.15) is 22.9 Å². The van der Waals surface area contributed by atoms with E-state index in [1.165, 1.54) is 37.5 Å². The summed E-state index contributed by atoms with van der Waals surface area (Å²) in [6.45, 7) is 4.46. The van der Waals surface area contributed by atoms with Crippen molar-refractivity contribution in [2.45, 2.75) is 70.1 Å². The van der Waals surface area contributed by atoms with Gasteiger partial charge in [-0.25, -0.2) is 9.37 Å². The first kappa shape index (κ1) is 23.5. The summed E-state index contributed by atoms with van der Waals surface area (Å²) >= 11 is 0. The van der Waals surface area contributed by atoms with E-state index in [1.54, 1.807) is 6.20 Å². The minimum atomic E-state index is -1.40. The highest BCUT2D eigenvalue weighted by atomic mass is 35.5. The molecule has 0 aromatic carbocycles. The molecule has 8 nitrogen and oxygen atoms in total. The maximum atomic E-state index is 14.7. The first-order chi connectivity index (χ1) is 15.1. The van der Waals surface area contributed by atoms with Gasteiger partial charge >= 0.3 is 0 Å². The number of anilines is 1. The van der Waals surface area contributed by atoms with E-state index in [0.717, 1.165) is 25.7 Å². The lowest BCUT2D eigenvalue weighted by molar-refractivity contribution is 0.0695. The maximum Gasteiger partial charge on any atom is 0.165 e. The highest BCUT2D eigenvalue weighted by molar-refractivity contribution is 6.00. The fourth-order valence-corrected chi connectivity index (χ4v) is 5.21. The molecule has 33 heavy (non-hydrogen) atoms. The second kappa shape index (κ2) is 8.30. The molecule has 0 amide bonds. The van der Waals surface area contributed by atoms with Crippen molar-refractivity contribution in [2.75, 3.05) is 5.73 Å². The van der Waals surface area contributed by atoms with Crippen LogP contribution < -0.4 is 11.1 Å². The summed E-state index contributed by atoms with van der Waals surface area (Å²) in [6.07, 6.45) is 7.11. The third kappa shape index (κ3) is 3.98. The van der Waals surface area contributed by atoms with Crippen LogP contribution in [0.4, 0.5) is 10.2 Å². The van der Waals surface area contributed by atoms with Gasteiger partial charge in [0.05, 0.1) is 17.5 Å². The van der Waals surface area contributed by atoms with E-state index in [4.69, 9.17) is 10.7 Å². The number of fused-ring (bicyclic) bond motifs is 3. The number of halogens is 2. The molecule has 0 saturated carbocycles. The highest BCUT2D eigenvalue weighted by Crippen LogP contribution is 2.40. The summed E-state index contributed by atoms with van der Waals surface area (Å²) < 4.78 is 16.1. The van der Waals surface area contributed by atoms with Gasteiger partial charge in [0.2, 0.25) is 0 Å². The summed E-state index contributed by atoms with van der Waals surface area (Å²) in [5.74, 6) is -0.388. The molecule has 3 aromatic rings. The Morgan fingerprint density at radius 1 is 1.27 bits per heavy atom. The van der Waals surface area contributed by atoms with E-state index in [2.05, 4.69) is 15.4 Å². The van der Waals surface area contributed by atoms with Crippen LogP contribution in [0.2, 0.25) is 0 Å². The number of rotatable bonds is 4. The normalized spacial score (nSPS) is 22.4. The van der Waals surface area contributed by atoms with Gasteiger partial charge in [0.25, 0.3) is 0 Å². The predicted octanol–water partition coefficient (Wildman–Crippen LogP) is 3.36. The van der Waals surface area contributed by atoms with Crippen molar-refractivity contribution in [2.24, 2.45) is 0 Å². The van der Waals surface area contributed by atoms with Gasteiger partial charge in [-0.1, -0.05) is 0 Å². The summed E-state index contributed by atoms with van der Waals surface area (Å²) in [7, 11) is 0. The predicted molar refractivity (Wildman–Crippen MR) is 125 cm³/mol. The molecule has 176 valence electrons. The van der Waals surface area contributed by atoms with Crippen molar-refractivity contribution in [1.29, 1.82) is 0 Å². The Labute approximate surface area is 197 Å². The third-order valence-electron chi connectivity index (χ3n) is 6.65. The van der Waals surface area contributed by atoms with E-state index in [9.17, 15) is 14.3 Å². The molecule has 2 aliphatic rings. The van der Waals surface area contributed by atoms with Gasteiger partial charge < -0.3 is 16.2 Å². The van der Waals surface area contributed by atoms with Gasteiger partial charge in [-0.3, -0.25) is 9.78 Å². The van der Waals surface area contributed by atoms with Gasteiger partial charge in [-0.2, -0.15) is 9.61 Å². The number of hydrogen-bond donors (Lipinski definition) is 3. The van der Waals surface area contributed by atoms with Gasteiger partial charge in [-0.05, 0) is 52.5 Å². The molecule has 3 aromatic heterocycles. The van der Waals surface area contributed by atoms with Crippen molar-refractivity contribution < 1.29 is 14.3 Å². The number of piperidine rings is 1. The van der Waals surface area contributed by atoms with Crippen LogP contribution in [0, 0.1) is 5.82 Å². The monoisotopic (exact) mass is 474 g/mol. The number of carbonyl (C=O) groups is 1. The number of aliphatic hydroxyl groups is 1. The van der Waals surface area contributed by atoms with Crippen molar-refractivity contribution in [3.05, 3.63) is 41.2 Å². The number of pyridine rings is 1. The standard InChI is InChI=1S/C23H27FN6O2.ClH/c1-11(31)18-19(12-6-14-4-5-15(7-12)28-14)29-22-16(10-27-30(22)21(18)25)13-8-17(24)20(26-9-13)23(2,3)32;/h8-10,12,14-15,28,32H,4-7,25H2,1-3H3;1H/t12?,14-,15+;. The lowest BCUT2D eigenvalue weighted by Gasteiger charge is -2.30. The smallest absolute Gasteiger partial charge is 0.165 e. The maximum absolute atomic E-state index is 14.7. The summed E-state index contributed by atoms with van der Waals surface area (Å²) in [5.41, 5.74) is 7.61. The van der Waals surface area contributed by atoms with E-state index in [0.29, 0.717) is 40.1 Å². The second-order valence-corrected chi connectivity index (χ2v) is 9.53. The molecule has 0 radical (unpaired) electrons. The second-order valence-electron chi connectivity index (χ2n) is 9.53.